The van der Waals surface area contributed by atoms with Gasteiger partial charge in [0.2, 0.25) is 9.84 Å². The molecule has 0 aliphatic heterocycles. The summed E-state index contributed by atoms with van der Waals surface area (Å²) >= 11 is 0.797. The maximum Gasteiger partial charge on any atom is 0.219 e. The molecule has 0 aliphatic rings. The molecular weight excluding hydrogens is 258 g/mol. The predicted molar refractivity (Wildman–Crippen MR) is 63.1 cm³/mol. The molecule has 0 fully saturated rings. The summed E-state index contributed by atoms with van der Waals surface area (Å²) in [4.78, 5) is 3.80. The summed E-state index contributed by atoms with van der Waals surface area (Å²) in [5.41, 5.74) is 5.27. The molecule has 2 rings (SSSR count). The standard InChI is InChI=1S/C10H7N3O2S2/c11-6-8-9(16-10(12)13-8)17(14,15)7-4-2-1-3-5-7/h1-5H,(H2,12,13). The van der Waals surface area contributed by atoms with E-state index in [4.69, 9.17) is 11.0 Å². The molecule has 5 nitrogen and oxygen atoms in total. The van der Waals surface area contributed by atoms with E-state index in [1.165, 1.54) is 12.1 Å². The minimum atomic E-state index is -3.71. The van der Waals surface area contributed by atoms with Gasteiger partial charge in [-0.2, -0.15) is 5.26 Å². The molecule has 0 radical (unpaired) electrons. The first kappa shape index (κ1) is 11.6. The summed E-state index contributed by atoms with van der Waals surface area (Å²) < 4.78 is 24.3. The van der Waals surface area contributed by atoms with Gasteiger partial charge in [0.05, 0.1) is 4.90 Å². The Labute approximate surface area is 102 Å². The lowest BCUT2D eigenvalue weighted by atomic mass is 10.4. The van der Waals surface area contributed by atoms with E-state index >= 15 is 0 Å². The highest BCUT2D eigenvalue weighted by molar-refractivity contribution is 7.93. The lowest BCUT2D eigenvalue weighted by Gasteiger charge is -2.00. The van der Waals surface area contributed by atoms with Crippen molar-refractivity contribution in [1.82, 2.24) is 4.98 Å². The van der Waals surface area contributed by atoms with E-state index in [0.29, 0.717) is 0 Å². The minimum Gasteiger partial charge on any atom is -0.375 e. The number of hydrogen-bond donors (Lipinski definition) is 1. The fourth-order valence-corrected chi connectivity index (χ4v) is 3.86. The first-order valence-corrected chi connectivity index (χ1v) is 6.82. The molecular formula is C10H7N3O2S2. The fourth-order valence-electron chi connectivity index (χ4n) is 1.28. The van der Waals surface area contributed by atoms with Crippen LogP contribution < -0.4 is 5.73 Å². The van der Waals surface area contributed by atoms with Crippen molar-refractivity contribution in [2.24, 2.45) is 0 Å². The van der Waals surface area contributed by atoms with Gasteiger partial charge < -0.3 is 5.73 Å². The average Bonchev–Trinajstić information content (AvgIpc) is 2.72. The molecule has 2 aromatic rings. The van der Waals surface area contributed by atoms with Crippen LogP contribution in [0.15, 0.2) is 39.4 Å². The monoisotopic (exact) mass is 265 g/mol. The van der Waals surface area contributed by atoms with Crippen LogP contribution in [0.4, 0.5) is 5.13 Å². The topological polar surface area (TPSA) is 96.8 Å². The van der Waals surface area contributed by atoms with Crippen LogP contribution in [0.3, 0.4) is 0 Å². The number of benzene rings is 1. The molecule has 0 saturated heterocycles. The van der Waals surface area contributed by atoms with E-state index in [-0.39, 0.29) is 19.9 Å². The molecule has 86 valence electrons. The number of rotatable bonds is 2. The second-order valence-corrected chi connectivity index (χ2v) is 6.29. The number of nitrogen functional groups attached to an aromatic ring is 1. The van der Waals surface area contributed by atoms with Crippen LogP contribution in [0.1, 0.15) is 5.69 Å². The number of nitrogens with two attached hydrogens (primary N) is 1. The van der Waals surface area contributed by atoms with Crippen LogP contribution in [-0.4, -0.2) is 13.4 Å². The molecule has 0 unspecified atom stereocenters. The van der Waals surface area contributed by atoms with Crippen molar-refractivity contribution in [1.29, 1.82) is 5.26 Å². The van der Waals surface area contributed by atoms with Gasteiger partial charge in [-0.3, -0.25) is 0 Å². The highest BCUT2D eigenvalue weighted by atomic mass is 32.2. The van der Waals surface area contributed by atoms with Gasteiger partial charge in [-0.1, -0.05) is 29.5 Å². The number of nitriles is 1. The lowest BCUT2D eigenvalue weighted by molar-refractivity contribution is 0.597. The number of anilines is 1. The summed E-state index contributed by atoms with van der Waals surface area (Å²) in [5, 5.41) is 8.88. The summed E-state index contributed by atoms with van der Waals surface area (Å²) in [6.45, 7) is 0. The van der Waals surface area contributed by atoms with Crippen LogP contribution in [0.2, 0.25) is 0 Å². The SMILES string of the molecule is N#Cc1nc(N)sc1S(=O)(=O)c1ccccc1. The maximum atomic E-state index is 12.2. The van der Waals surface area contributed by atoms with Gasteiger partial charge in [-0.05, 0) is 12.1 Å². The van der Waals surface area contributed by atoms with Crippen molar-refractivity contribution < 1.29 is 8.42 Å². The van der Waals surface area contributed by atoms with E-state index in [0.717, 1.165) is 11.3 Å². The summed E-state index contributed by atoms with van der Waals surface area (Å²) in [7, 11) is -3.71. The largest absolute Gasteiger partial charge is 0.375 e. The average molecular weight is 265 g/mol. The number of aromatic nitrogens is 1. The maximum absolute atomic E-state index is 12.2. The molecule has 0 bridgehead atoms. The van der Waals surface area contributed by atoms with Gasteiger partial charge in [0.1, 0.15) is 6.07 Å². The van der Waals surface area contributed by atoms with Crippen molar-refractivity contribution in [3.8, 4) is 6.07 Å². The molecule has 2 N–H and O–H groups in total. The number of thiazole rings is 1. The Bertz CT molecular complexity index is 684. The Balaban J connectivity index is 2.65. The van der Waals surface area contributed by atoms with Crippen LogP contribution in [0.25, 0.3) is 0 Å². The molecule has 0 aliphatic carbocycles. The molecule has 0 saturated carbocycles. The van der Waals surface area contributed by atoms with Crippen LogP contribution in [-0.2, 0) is 9.84 Å². The predicted octanol–water partition coefficient (Wildman–Crippen LogP) is 1.43. The Morgan fingerprint density at radius 1 is 1.29 bits per heavy atom. The van der Waals surface area contributed by atoms with Gasteiger partial charge in [-0.15, -0.1) is 0 Å². The Morgan fingerprint density at radius 3 is 2.53 bits per heavy atom. The molecule has 0 spiro atoms. The van der Waals surface area contributed by atoms with Crippen molar-refractivity contribution >= 4 is 26.3 Å². The minimum absolute atomic E-state index is 0.0658. The fraction of sp³-hybridized carbons (Fsp3) is 0. The van der Waals surface area contributed by atoms with Gasteiger partial charge in [0, 0.05) is 0 Å². The third-order valence-corrected chi connectivity index (χ3v) is 5.18. The van der Waals surface area contributed by atoms with E-state index in [2.05, 4.69) is 4.98 Å². The third-order valence-electron chi connectivity index (χ3n) is 2.02. The van der Waals surface area contributed by atoms with E-state index < -0.39 is 9.84 Å². The summed E-state index contributed by atoms with van der Waals surface area (Å²) in [6.07, 6.45) is 0. The molecule has 7 heteroatoms. The van der Waals surface area contributed by atoms with Gasteiger partial charge in [-0.25, -0.2) is 13.4 Å². The normalized spacial score (nSPS) is 11.0. The van der Waals surface area contributed by atoms with Crippen molar-refractivity contribution in [3.05, 3.63) is 36.0 Å². The van der Waals surface area contributed by atoms with Crippen LogP contribution in [0, 0.1) is 11.3 Å². The van der Waals surface area contributed by atoms with E-state index in [9.17, 15) is 8.42 Å². The Hall–Kier alpha value is -1.91. The van der Waals surface area contributed by atoms with Gasteiger partial charge in [0.15, 0.2) is 15.0 Å². The highest BCUT2D eigenvalue weighted by Crippen LogP contribution is 2.30. The summed E-state index contributed by atoms with van der Waals surface area (Å²) in [5.74, 6) is 0. The first-order chi connectivity index (χ1) is 8.05. The molecule has 1 aromatic heterocycles. The lowest BCUT2D eigenvalue weighted by Crippen LogP contribution is -2.01. The zero-order chi connectivity index (χ0) is 12.5. The quantitative estimate of drug-likeness (QED) is 0.885. The van der Waals surface area contributed by atoms with Crippen LogP contribution >= 0.6 is 11.3 Å². The second-order valence-electron chi connectivity index (χ2n) is 3.12. The van der Waals surface area contributed by atoms with Crippen molar-refractivity contribution in [2.75, 3.05) is 5.73 Å². The third kappa shape index (κ3) is 2.00. The molecule has 1 aromatic carbocycles. The highest BCUT2D eigenvalue weighted by Gasteiger charge is 2.25. The van der Waals surface area contributed by atoms with Crippen LogP contribution in [0.5, 0.6) is 0 Å². The van der Waals surface area contributed by atoms with E-state index in [1.807, 2.05) is 0 Å². The number of nitrogens with zero attached hydrogens (tertiary/aromatic N) is 2. The van der Waals surface area contributed by atoms with Crippen molar-refractivity contribution in [2.45, 2.75) is 9.10 Å². The Morgan fingerprint density at radius 2 is 1.94 bits per heavy atom. The van der Waals surface area contributed by atoms with Crippen molar-refractivity contribution in [3.63, 3.8) is 0 Å². The zero-order valence-electron chi connectivity index (χ0n) is 8.49. The number of sulfone groups is 1. The van der Waals surface area contributed by atoms with E-state index in [1.54, 1.807) is 24.3 Å². The molecule has 0 amide bonds. The number of hydrogen-bond acceptors (Lipinski definition) is 6. The van der Waals surface area contributed by atoms with Gasteiger partial charge in [0.25, 0.3) is 0 Å². The zero-order valence-corrected chi connectivity index (χ0v) is 10.1. The first-order valence-electron chi connectivity index (χ1n) is 4.52. The molecule has 0 atom stereocenters. The second kappa shape index (κ2) is 4.16. The Kier molecular flexibility index (Phi) is 2.83. The smallest absolute Gasteiger partial charge is 0.219 e. The van der Waals surface area contributed by atoms with Gasteiger partial charge >= 0.3 is 0 Å². The summed E-state index contributed by atoms with van der Waals surface area (Å²) in [6, 6.07) is 9.60. The molecule has 17 heavy (non-hydrogen) atoms. The molecule has 1 heterocycles.